The molecule has 4 rings (SSSR count). The molecule has 130 valence electrons. The normalized spacial score (nSPS) is 11.1. The molecule has 0 saturated heterocycles. The van der Waals surface area contributed by atoms with Crippen LogP contribution in [0, 0.1) is 6.92 Å². The summed E-state index contributed by atoms with van der Waals surface area (Å²) in [5.74, 6) is 0.852. The van der Waals surface area contributed by atoms with Gasteiger partial charge in [-0.3, -0.25) is 0 Å². The second-order valence-electron chi connectivity index (χ2n) is 6.22. The minimum atomic E-state index is 0.553. The Hall–Kier alpha value is -2.42. The molecule has 26 heavy (non-hydrogen) atoms. The fraction of sp³-hybridized carbons (Fsp3) is 0.0909. The van der Waals surface area contributed by atoms with Crippen LogP contribution in [0.5, 0.6) is 5.75 Å². The van der Waals surface area contributed by atoms with Crippen LogP contribution >= 0.6 is 23.2 Å². The first-order valence-electron chi connectivity index (χ1n) is 8.29. The van der Waals surface area contributed by atoms with Crippen molar-refractivity contribution < 1.29 is 4.74 Å². The fourth-order valence-corrected chi connectivity index (χ4v) is 3.56. The number of benzene rings is 3. The van der Waals surface area contributed by atoms with E-state index < -0.39 is 0 Å². The van der Waals surface area contributed by atoms with Crippen molar-refractivity contribution in [3.63, 3.8) is 0 Å². The maximum absolute atomic E-state index is 6.23. The number of hydrogen-bond acceptors (Lipinski definition) is 1. The fourth-order valence-electron chi connectivity index (χ4n) is 3.27. The Labute approximate surface area is 162 Å². The third-order valence-electron chi connectivity index (χ3n) is 4.57. The van der Waals surface area contributed by atoms with Gasteiger partial charge in [0.25, 0.3) is 0 Å². The highest BCUT2D eigenvalue weighted by molar-refractivity contribution is 6.42. The van der Waals surface area contributed by atoms with Crippen molar-refractivity contribution in [3.05, 3.63) is 82.5 Å². The van der Waals surface area contributed by atoms with Gasteiger partial charge < -0.3 is 9.30 Å². The van der Waals surface area contributed by atoms with Crippen LogP contribution in [0.1, 0.15) is 5.69 Å². The van der Waals surface area contributed by atoms with Crippen LogP contribution in [0.25, 0.3) is 27.7 Å². The molecule has 0 aliphatic carbocycles. The van der Waals surface area contributed by atoms with Crippen molar-refractivity contribution >= 4 is 34.1 Å². The molecule has 0 radical (unpaired) electrons. The monoisotopic (exact) mass is 381 g/mol. The van der Waals surface area contributed by atoms with Crippen molar-refractivity contribution in [2.45, 2.75) is 6.92 Å². The van der Waals surface area contributed by atoms with Gasteiger partial charge in [-0.2, -0.15) is 0 Å². The summed E-state index contributed by atoms with van der Waals surface area (Å²) in [7, 11) is 1.67. The predicted octanol–water partition coefficient (Wildman–Crippen LogP) is 6.92. The maximum atomic E-state index is 6.23. The first kappa shape index (κ1) is 17.0. The van der Waals surface area contributed by atoms with Crippen LogP contribution in [0.2, 0.25) is 10.0 Å². The summed E-state index contributed by atoms with van der Waals surface area (Å²) in [5.41, 5.74) is 5.57. The molecule has 3 aromatic carbocycles. The van der Waals surface area contributed by atoms with Crippen molar-refractivity contribution in [2.24, 2.45) is 0 Å². The van der Waals surface area contributed by atoms with E-state index in [0.29, 0.717) is 10.0 Å². The standard InChI is InChI=1S/C22H17Cl2NO/c1-14-11-17-4-3-16(15-5-8-19(26-2)9-6-15)12-22(17)25(14)18-7-10-20(23)21(24)13-18/h3-13H,1-2H3. The number of fused-ring (bicyclic) bond motifs is 1. The summed E-state index contributed by atoms with van der Waals surface area (Å²) >= 11 is 12.3. The van der Waals surface area contributed by atoms with Crippen LogP contribution in [-0.4, -0.2) is 11.7 Å². The van der Waals surface area contributed by atoms with E-state index in [4.69, 9.17) is 27.9 Å². The smallest absolute Gasteiger partial charge is 0.118 e. The number of nitrogens with zero attached hydrogens (tertiary/aromatic N) is 1. The lowest BCUT2D eigenvalue weighted by Gasteiger charge is -2.11. The van der Waals surface area contributed by atoms with Crippen LogP contribution < -0.4 is 4.74 Å². The molecule has 0 spiro atoms. The molecule has 0 saturated carbocycles. The van der Waals surface area contributed by atoms with E-state index in [0.717, 1.165) is 33.8 Å². The minimum absolute atomic E-state index is 0.553. The second kappa shape index (κ2) is 6.71. The van der Waals surface area contributed by atoms with Gasteiger partial charge in [-0.1, -0.05) is 47.5 Å². The van der Waals surface area contributed by atoms with Gasteiger partial charge in [-0.15, -0.1) is 0 Å². The molecule has 0 aliphatic rings. The highest BCUT2D eigenvalue weighted by Gasteiger charge is 2.11. The number of halogens is 2. The average molecular weight is 382 g/mol. The van der Waals surface area contributed by atoms with Crippen molar-refractivity contribution in [2.75, 3.05) is 7.11 Å². The molecule has 1 heterocycles. The first-order chi connectivity index (χ1) is 12.6. The lowest BCUT2D eigenvalue weighted by Crippen LogP contribution is -1.96. The Morgan fingerprint density at radius 1 is 0.769 bits per heavy atom. The van der Waals surface area contributed by atoms with E-state index in [1.54, 1.807) is 7.11 Å². The summed E-state index contributed by atoms with van der Waals surface area (Å²) in [6.07, 6.45) is 0. The van der Waals surface area contributed by atoms with Crippen LogP contribution in [0.3, 0.4) is 0 Å². The van der Waals surface area contributed by atoms with E-state index in [9.17, 15) is 0 Å². The Kier molecular flexibility index (Phi) is 4.39. The Morgan fingerprint density at radius 2 is 1.50 bits per heavy atom. The quantitative estimate of drug-likeness (QED) is 0.375. The van der Waals surface area contributed by atoms with Gasteiger partial charge in [-0.25, -0.2) is 0 Å². The molecular weight excluding hydrogens is 365 g/mol. The van der Waals surface area contributed by atoms with Crippen molar-refractivity contribution in [1.29, 1.82) is 0 Å². The zero-order chi connectivity index (χ0) is 18.3. The number of hydrogen-bond donors (Lipinski definition) is 0. The Balaban J connectivity index is 1.88. The van der Waals surface area contributed by atoms with Gasteiger partial charge in [0, 0.05) is 16.8 Å². The average Bonchev–Trinajstić information content (AvgIpc) is 2.99. The second-order valence-corrected chi connectivity index (χ2v) is 7.04. The summed E-state index contributed by atoms with van der Waals surface area (Å²) in [5, 5.41) is 2.30. The zero-order valence-corrected chi connectivity index (χ0v) is 16.0. The number of rotatable bonds is 3. The largest absolute Gasteiger partial charge is 0.497 e. The molecule has 2 nitrogen and oxygen atoms in total. The van der Waals surface area contributed by atoms with Gasteiger partial charge in [0.2, 0.25) is 0 Å². The molecule has 4 aromatic rings. The summed E-state index contributed by atoms with van der Waals surface area (Å²) < 4.78 is 7.45. The van der Waals surface area contributed by atoms with Gasteiger partial charge in [-0.05, 0) is 60.5 Å². The number of methoxy groups -OCH3 is 1. The SMILES string of the molecule is COc1ccc(-c2ccc3cc(C)n(-c4ccc(Cl)c(Cl)c4)c3c2)cc1. The molecule has 0 N–H and O–H groups in total. The maximum Gasteiger partial charge on any atom is 0.118 e. The van der Waals surface area contributed by atoms with Gasteiger partial charge >= 0.3 is 0 Å². The highest BCUT2D eigenvalue weighted by Crippen LogP contribution is 2.32. The Bertz CT molecular complexity index is 1100. The van der Waals surface area contributed by atoms with Crippen LogP contribution in [-0.2, 0) is 0 Å². The third kappa shape index (κ3) is 2.96. The topological polar surface area (TPSA) is 14.2 Å². The third-order valence-corrected chi connectivity index (χ3v) is 5.31. The van der Waals surface area contributed by atoms with E-state index in [-0.39, 0.29) is 0 Å². The van der Waals surface area contributed by atoms with Crippen LogP contribution in [0.4, 0.5) is 0 Å². The van der Waals surface area contributed by atoms with E-state index >= 15 is 0 Å². The van der Waals surface area contributed by atoms with Crippen LogP contribution in [0.15, 0.2) is 66.7 Å². The number of aromatic nitrogens is 1. The zero-order valence-electron chi connectivity index (χ0n) is 14.5. The summed E-state index contributed by atoms with van der Waals surface area (Å²) in [6.45, 7) is 2.09. The molecule has 0 bridgehead atoms. The van der Waals surface area contributed by atoms with Crippen molar-refractivity contribution in [1.82, 2.24) is 4.57 Å². The highest BCUT2D eigenvalue weighted by atomic mass is 35.5. The first-order valence-corrected chi connectivity index (χ1v) is 9.04. The minimum Gasteiger partial charge on any atom is -0.497 e. The molecule has 0 atom stereocenters. The molecule has 4 heteroatoms. The van der Waals surface area contributed by atoms with E-state index in [1.165, 1.54) is 5.39 Å². The van der Waals surface area contributed by atoms with Gasteiger partial charge in [0.1, 0.15) is 5.75 Å². The van der Waals surface area contributed by atoms with Gasteiger partial charge in [0.05, 0.1) is 22.7 Å². The lowest BCUT2D eigenvalue weighted by atomic mass is 10.0. The lowest BCUT2D eigenvalue weighted by molar-refractivity contribution is 0.415. The number of ether oxygens (including phenoxy) is 1. The molecule has 0 amide bonds. The molecule has 0 aliphatic heterocycles. The van der Waals surface area contributed by atoms with Crippen molar-refractivity contribution in [3.8, 4) is 22.6 Å². The summed E-state index contributed by atoms with van der Waals surface area (Å²) in [4.78, 5) is 0. The number of aryl methyl sites for hydroxylation is 1. The van der Waals surface area contributed by atoms with Gasteiger partial charge in [0.15, 0.2) is 0 Å². The predicted molar refractivity (Wildman–Crippen MR) is 110 cm³/mol. The molecule has 0 unspecified atom stereocenters. The molecule has 0 fully saturated rings. The molecular formula is C22H17Cl2NO. The van der Waals surface area contributed by atoms with E-state index in [2.05, 4.69) is 47.9 Å². The van der Waals surface area contributed by atoms with E-state index in [1.807, 2.05) is 30.3 Å². The Morgan fingerprint density at radius 3 is 2.19 bits per heavy atom. The summed E-state index contributed by atoms with van der Waals surface area (Å²) in [6, 6.07) is 22.5. The molecule has 1 aromatic heterocycles.